The average molecular weight is 182 g/mol. The fourth-order valence-electron chi connectivity index (χ4n) is 0.581. The van der Waals surface area contributed by atoms with Gasteiger partial charge in [-0.25, -0.2) is 0 Å². The van der Waals surface area contributed by atoms with Crippen LogP contribution in [0, 0.1) is 0 Å². The number of esters is 1. The van der Waals surface area contributed by atoms with Gasteiger partial charge in [0.2, 0.25) is 0 Å². The Morgan fingerprint density at radius 3 is 1.92 bits per heavy atom. The van der Waals surface area contributed by atoms with Crippen LogP contribution in [-0.2, 0) is 14.3 Å². The molecule has 0 aromatic heterocycles. The van der Waals surface area contributed by atoms with Crippen LogP contribution in [0.25, 0.3) is 0 Å². The van der Waals surface area contributed by atoms with Crippen molar-refractivity contribution in [2.75, 3.05) is 0 Å². The fraction of sp³-hybridized carbons (Fsp3) is 0.750. The summed E-state index contributed by atoms with van der Waals surface area (Å²) in [6, 6.07) is 0. The molecule has 0 aliphatic heterocycles. The number of carbonyl (C=O) groups is 2. The van der Waals surface area contributed by atoms with E-state index in [0.29, 0.717) is 0 Å². The van der Waals surface area contributed by atoms with Gasteiger partial charge in [-0.05, 0) is 27.7 Å². The average Bonchev–Trinajstić information content (AvgIpc) is 1.53. The number of Topliss-reactive ketones (excluding diaryl/α,β-unsaturated/α-hetero) is 1. The molecule has 0 saturated heterocycles. The van der Waals surface area contributed by atoms with Crippen molar-refractivity contribution in [1.29, 1.82) is 0 Å². The first kappa shape index (κ1) is 14.7. The van der Waals surface area contributed by atoms with Crippen LogP contribution in [0.3, 0.4) is 0 Å². The predicted octanol–water partition coefficient (Wildman–Crippen LogP) is 0.659. The molecule has 0 heterocycles. The summed E-state index contributed by atoms with van der Waals surface area (Å²) in [6.45, 7) is 6.67. The van der Waals surface area contributed by atoms with Gasteiger partial charge in [-0.3, -0.25) is 9.59 Å². The topological polar surface area (TPSA) is 43.4 Å². The zero-order chi connectivity index (χ0) is 9.07. The summed E-state index contributed by atoms with van der Waals surface area (Å²) < 4.78 is 4.89. The van der Waals surface area contributed by atoms with E-state index in [4.69, 9.17) is 4.74 Å². The van der Waals surface area contributed by atoms with Crippen LogP contribution in [0.1, 0.15) is 34.1 Å². The molecule has 0 fully saturated rings. The maximum atomic E-state index is 10.8. The Labute approximate surface area is 95.1 Å². The molecule has 3 nitrogen and oxygen atoms in total. The van der Waals surface area contributed by atoms with Crippen molar-refractivity contribution in [2.45, 2.75) is 39.7 Å². The van der Waals surface area contributed by atoms with Crippen LogP contribution < -0.4 is 0 Å². The third kappa shape index (κ3) is 10.1. The molecule has 12 heavy (non-hydrogen) atoms. The van der Waals surface area contributed by atoms with Crippen molar-refractivity contribution in [2.24, 2.45) is 0 Å². The number of hydrogen-bond acceptors (Lipinski definition) is 3. The summed E-state index contributed by atoms with van der Waals surface area (Å²) in [4.78, 5) is 21.3. The van der Waals surface area contributed by atoms with Crippen LogP contribution in [0.15, 0.2) is 0 Å². The zero-order valence-corrected chi connectivity index (χ0v) is 7.43. The van der Waals surface area contributed by atoms with Crippen molar-refractivity contribution in [3.8, 4) is 0 Å². The van der Waals surface area contributed by atoms with E-state index in [0.717, 1.165) is 0 Å². The van der Waals surface area contributed by atoms with E-state index in [1.54, 1.807) is 20.8 Å². The minimum atomic E-state index is -0.494. The first-order chi connectivity index (χ1) is 4.81. The van der Waals surface area contributed by atoms with Gasteiger partial charge in [-0.2, -0.15) is 0 Å². The molecule has 0 spiro atoms. The molecule has 0 aliphatic rings. The molecule has 0 unspecified atom stereocenters. The van der Waals surface area contributed by atoms with Gasteiger partial charge in [-0.15, -0.1) is 0 Å². The van der Waals surface area contributed by atoms with Gasteiger partial charge in [0.15, 0.2) is 0 Å². The molecule has 0 atom stereocenters. The first-order valence-corrected chi connectivity index (χ1v) is 3.52. The van der Waals surface area contributed by atoms with Gasteiger partial charge < -0.3 is 4.74 Å². The summed E-state index contributed by atoms with van der Waals surface area (Å²) in [6.07, 6.45) is -0.128. The second-order valence-corrected chi connectivity index (χ2v) is 3.47. The molecule has 0 saturated carbocycles. The van der Waals surface area contributed by atoms with E-state index < -0.39 is 11.6 Å². The summed E-state index contributed by atoms with van der Waals surface area (Å²) in [7, 11) is 0. The van der Waals surface area contributed by atoms with Crippen molar-refractivity contribution in [3.63, 3.8) is 0 Å². The third-order valence-corrected chi connectivity index (χ3v) is 0.813. The SMILES string of the molecule is CC(=O)CC(=O)OC(C)(C)C.[NaH]. The number of ketones is 1. The number of rotatable bonds is 2. The Balaban J connectivity index is 0. The number of carbonyl (C=O) groups excluding carboxylic acids is 2. The quantitative estimate of drug-likeness (QED) is 0.358. The van der Waals surface area contributed by atoms with Crippen LogP contribution in [-0.4, -0.2) is 46.9 Å². The zero-order valence-electron chi connectivity index (χ0n) is 7.43. The van der Waals surface area contributed by atoms with Gasteiger partial charge in [0.1, 0.15) is 17.8 Å². The minimum absolute atomic E-state index is 0. The van der Waals surface area contributed by atoms with Gasteiger partial charge in [0.05, 0.1) is 0 Å². The Kier molecular flexibility index (Phi) is 7.00. The Bertz CT molecular complexity index is 170. The molecule has 4 heteroatoms. The van der Waals surface area contributed by atoms with Crippen LogP contribution in [0.2, 0.25) is 0 Å². The molecule has 0 bridgehead atoms. The van der Waals surface area contributed by atoms with E-state index in [1.165, 1.54) is 6.92 Å². The molecule has 0 aromatic carbocycles. The van der Waals surface area contributed by atoms with Gasteiger partial charge in [-0.1, -0.05) is 0 Å². The van der Waals surface area contributed by atoms with Gasteiger partial charge >= 0.3 is 35.5 Å². The first-order valence-electron chi connectivity index (χ1n) is 3.52. The molecular formula is C8H15NaO3. The third-order valence-electron chi connectivity index (χ3n) is 0.813. The van der Waals surface area contributed by atoms with Crippen LogP contribution >= 0.6 is 0 Å². The van der Waals surface area contributed by atoms with Crippen molar-refractivity contribution in [3.05, 3.63) is 0 Å². The molecular weight excluding hydrogens is 167 g/mol. The summed E-state index contributed by atoms with van der Waals surface area (Å²) in [5.41, 5.74) is -0.494. The van der Waals surface area contributed by atoms with E-state index in [2.05, 4.69) is 0 Å². The molecule has 0 N–H and O–H groups in total. The summed E-state index contributed by atoms with van der Waals surface area (Å²) in [5.74, 6) is -0.621. The van der Waals surface area contributed by atoms with E-state index in [-0.39, 0.29) is 41.8 Å². The fourth-order valence-corrected chi connectivity index (χ4v) is 0.581. The molecule has 0 rings (SSSR count). The molecule has 0 aliphatic carbocycles. The Hall–Kier alpha value is 0.140. The van der Waals surface area contributed by atoms with Crippen molar-refractivity contribution in [1.82, 2.24) is 0 Å². The van der Waals surface area contributed by atoms with Crippen molar-refractivity contribution >= 4 is 41.3 Å². The van der Waals surface area contributed by atoms with E-state index >= 15 is 0 Å². The molecule has 66 valence electrons. The van der Waals surface area contributed by atoms with Crippen LogP contribution in [0.4, 0.5) is 0 Å². The summed E-state index contributed by atoms with van der Waals surface area (Å²) >= 11 is 0. The van der Waals surface area contributed by atoms with Gasteiger partial charge in [0, 0.05) is 0 Å². The van der Waals surface area contributed by atoms with Crippen LogP contribution in [0.5, 0.6) is 0 Å². The van der Waals surface area contributed by atoms with Gasteiger partial charge in [0.25, 0.3) is 0 Å². The molecule has 0 aromatic rings. The normalized spacial score (nSPS) is 10.0. The second-order valence-electron chi connectivity index (χ2n) is 3.47. The molecule has 0 amide bonds. The number of hydrogen-bond donors (Lipinski definition) is 0. The monoisotopic (exact) mass is 182 g/mol. The van der Waals surface area contributed by atoms with Crippen molar-refractivity contribution < 1.29 is 14.3 Å². The standard InChI is InChI=1S/C8H14O3.Na.H/c1-6(9)5-7(10)11-8(2,3)4;;/h5H2,1-4H3;;. The Morgan fingerprint density at radius 1 is 1.25 bits per heavy atom. The maximum absolute atomic E-state index is 10.8. The molecule has 0 radical (unpaired) electrons. The van der Waals surface area contributed by atoms with E-state index in [9.17, 15) is 9.59 Å². The Morgan fingerprint density at radius 2 is 1.67 bits per heavy atom. The predicted molar refractivity (Wildman–Crippen MR) is 48.3 cm³/mol. The second kappa shape index (κ2) is 5.73. The number of ether oxygens (including phenoxy) is 1. The van der Waals surface area contributed by atoms with E-state index in [1.807, 2.05) is 0 Å². The summed E-state index contributed by atoms with van der Waals surface area (Å²) in [5, 5.41) is 0.